The van der Waals surface area contributed by atoms with Gasteiger partial charge in [-0.3, -0.25) is 4.79 Å². The number of phenolic OH excluding ortho intramolecular Hbond substituents is 4. The van der Waals surface area contributed by atoms with Crippen molar-refractivity contribution in [1.82, 2.24) is 0 Å². The first-order valence-electron chi connectivity index (χ1n) is 8.85. The summed E-state index contributed by atoms with van der Waals surface area (Å²) in [7, 11) is 0. The van der Waals surface area contributed by atoms with Crippen LogP contribution in [-0.4, -0.2) is 20.4 Å². The number of phenols is 4. The lowest BCUT2D eigenvalue weighted by Crippen LogP contribution is -2.04. The number of allylic oxidation sites excluding steroid dienone is 4. The Morgan fingerprint density at radius 3 is 2.32 bits per heavy atom. The lowest BCUT2D eigenvalue weighted by atomic mass is 10.0. The molecule has 3 rings (SSSR count). The van der Waals surface area contributed by atoms with Crippen LogP contribution in [0.5, 0.6) is 23.0 Å². The van der Waals surface area contributed by atoms with Gasteiger partial charge in [-0.25, -0.2) is 0 Å². The second kappa shape index (κ2) is 7.31. The van der Waals surface area contributed by atoms with Gasteiger partial charge in [0.15, 0.2) is 11.3 Å². The van der Waals surface area contributed by atoms with Crippen LogP contribution in [0.15, 0.2) is 50.7 Å². The average Bonchev–Trinajstić information content (AvgIpc) is 2.62. The molecule has 0 spiro atoms. The molecule has 3 aromatic rings. The summed E-state index contributed by atoms with van der Waals surface area (Å²) in [5, 5.41) is 40.5. The molecular weight excluding hydrogens is 360 g/mol. The predicted molar refractivity (Wildman–Crippen MR) is 108 cm³/mol. The third-order valence-electron chi connectivity index (χ3n) is 4.61. The summed E-state index contributed by atoms with van der Waals surface area (Å²) >= 11 is 0. The third-order valence-corrected chi connectivity index (χ3v) is 4.61. The minimum Gasteiger partial charge on any atom is -0.507 e. The Bertz CT molecular complexity index is 1190. The largest absolute Gasteiger partial charge is 0.507 e. The van der Waals surface area contributed by atoms with Crippen molar-refractivity contribution in [2.45, 2.75) is 33.6 Å². The molecule has 0 amide bonds. The van der Waals surface area contributed by atoms with Crippen molar-refractivity contribution >= 4 is 21.9 Å². The van der Waals surface area contributed by atoms with E-state index in [2.05, 4.69) is 6.08 Å². The van der Waals surface area contributed by atoms with E-state index in [1.54, 1.807) is 0 Å². The van der Waals surface area contributed by atoms with Crippen molar-refractivity contribution in [3.63, 3.8) is 0 Å². The Labute approximate surface area is 161 Å². The van der Waals surface area contributed by atoms with Crippen LogP contribution in [0.3, 0.4) is 0 Å². The highest BCUT2D eigenvalue weighted by atomic mass is 16.4. The number of fused-ring (bicyclic) bond motifs is 2. The van der Waals surface area contributed by atoms with Gasteiger partial charge in [0.25, 0.3) is 0 Å². The fraction of sp³-hybridized carbons (Fsp3) is 0.227. The molecule has 28 heavy (non-hydrogen) atoms. The minimum absolute atomic E-state index is 0.0811. The zero-order chi connectivity index (χ0) is 20.6. The quantitative estimate of drug-likeness (QED) is 0.298. The maximum absolute atomic E-state index is 12.9. The van der Waals surface area contributed by atoms with Crippen LogP contribution < -0.4 is 5.43 Å². The lowest BCUT2D eigenvalue weighted by molar-refractivity contribution is 0.441. The highest BCUT2D eigenvalue weighted by Gasteiger charge is 2.21. The monoisotopic (exact) mass is 382 g/mol. The van der Waals surface area contributed by atoms with Crippen molar-refractivity contribution in [1.29, 1.82) is 0 Å². The van der Waals surface area contributed by atoms with Crippen LogP contribution in [0, 0.1) is 0 Å². The van der Waals surface area contributed by atoms with E-state index in [-0.39, 0.29) is 51.2 Å². The fourth-order valence-corrected chi connectivity index (χ4v) is 3.02. The van der Waals surface area contributed by atoms with Crippen LogP contribution >= 0.6 is 0 Å². The molecule has 2 aromatic carbocycles. The maximum Gasteiger partial charge on any atom is 0.208 e. The van der Waals surface area contributed by atoms with Gasteiger partial charge >= 0.3 is 0 Å². The third kappa shape index (κ3) is 3.41. The molecule has 6 nitrogen and oxygen atoms in total. The molecule has 0 saturated heterocycles. The molecule has 0 aliphatic heterocycles. The molecular formula is C22H22O6. The normalized spacial score (nSPS) is 11.9. The van der Waals surface area contributed by atoms with Gasteiger partial charge in [-0.2, -0.15) is 0 Å². The van der Waals surface area contributed by atoms with Gasteiger partial charge in [0.05, 0.1) is 0 Å². The van der Waals surface area contributed by atoms with Crippen LogP contribution in [0.4, 0.5) is 0 Å². The zero-order valence-corrected chi connectivity index (χ0v) is 15.9. The molecule has 1 heterocycles. The topological polar surface area (TPSA) is 111 Å². The number of hydrogen-bond donors (Lipinski definition) is 4. The number of hydrogen-bond acceptors (Lipinski definition) is 6. The molecule has 146 valence electrons. The van der Waals surface area contributed by atoms with Crippen molar-refractivity contribution < 1.29 is 24.8 Å². The Balaban J connectivity index is 2.19. The van der Waals surface area contributed by atoms with Gasteiger partial charge in [-0.15, -0.1) is 0 Å². The summed E-state index contributed by atoms with van der Waals surface area (Å²) in [6, 6.07) is 3.60. The highest BCUT2D eigenvalue weighted by molar-refractivity contribution is 5.99. The number of rotatable bonds is 4. The molecule has 0 bridgehead atoms. The van der Waals surface area contributed by atoms with Gasteiger partial charge < -0.3 is 24.8 Å². The Kier molecular flexibility index (Phi) is 5.05. The van der Waals surface area contributed by atoms with Gasteiger partial charge in [0.1, 0.15) is 33.6 Å². The van der Waals surface area contributed by atoms with E-state index < -0.39 is 11.2 Å². The Morgan fingerprint density at radius 1 is 0.964 bits per heavy atom. The summed E-state index contributed by atoms with van der Waals surface area (Å²) < 4.78 is 5.49. The van der Waals surface area contributed by atoms with Gasteiger partial charge in [-0.1, -0.05) is 23.3 Å². The summed E-state index contributed by atoms with van der Waals surface area (Å²) in [4.78, 5) is 12.9. The molecule has 0 fully saturated rings. The molecule has 0 unspecified atom stereocenters. The molecule has 0 aliphatic rings. The Morgan fingerprint density at radius 2 is 1.64 bits per heavy atom. The van der Waals surface area contributed by atoms with E-state index in [9.17, 15) is 25.2 Å². The molecule has 0 aliphatic carbocycles. The van der Waals surface area contributed by atoms with Crippen LogP contribution in [0.1, 0.15) is 32.8 Å². The average molecular weight is 382 g/mol. The van der Waals surface area contributed by atoms with Gasteiger partial charge in [0, 0.05) is 11.6 Å². The number of aromatic hydroxyl groups is 4. The summed E-state index contributed by atoms with van der Waals surface area (Å²) in [5.41, 5.74) is 1.46. The summed E-state index contributed by atoms with van der Waals surface area (Å²) in [5.74, 6) is -1.32. The summed E-state index contributed by atoms with van der Waals surface area (Å²) in [6.07, 6.45) is 4.91. The van der Waals surface area contributed by atoms with E-state index in [0.717, 1.165) is 12.0 Å². The van der Waals surface area contributed by atoms with Crippen LogP contribution in [0.2, 0.25) is 0 Å². The minimum atomic E-state index is -0.686. The molecule has 0 saturated carbocycles. The number of benzene rings is 2. The fourth-order valence-electron chi connectivity index (χ4n) is 3.02. The lowest BCUT2D eigenvalue weighted by Gasteiger charge is -2.10. The van der Waals surface area contributed by atoms with Crippen molar-refractivity contribution in [3.05, 3.63) is 57.3 Å². The standard InChI is InChI=1S/C22H22O6/c1-11(2)4-5-12(3)6-7-13-16(25)10-17-19(20(13)26)21(27)18-14(23)8-9-15(24)22(18)28-17/h4,6,8-10,23-26H,5,7H2,1-3H3/b12-6+. The van der Waals surface area contributed by atoms with Crippen LogP contribution in [-0.2, 0) is 6.42 Å². The molecule has 4 N–H and O–H groups in total. The molecule has 6 heteroatoms. The maximum atomic E-state index is 12.9. The second-order valence-corrected chi connectivity index (χ2v) is 7.08. The molecule has 0 atom stereocenters. The Hall–Kier alpha value is -3.41. The van der Waals surface area contributed by atoms with E-state index in [1.807, 2.05) is 26.8 Å². The van der Waals surface area contributed by atoms with Crippen molar-refractivity contribution in [3.8, 4) is 23.0 Å². The smallest absolute Gasteiger partial charge is 0.208 e. The SMILES string of the molecule is CC(C)=CC/C(C)=C/Cc1c(O)cc2oc3c(O)ccc(O)c3c(=O)c2c1O. The van der Waals surface area contributed by atoms with Crippen molar-refractivity contribution in [2.24, 2.45) is 0 Å². The van der Waals surface area contributed by atoms with E-state index in [4.69, 9.17) is 4.42 Å². The highest BCUT2D eigenvalue weighted by Crippen LogP contribution is 2.39. The van der Waals surface area contributed by atoms with E-state index >= 15 is 0 Å². The molecule has 0 radical (unpaired) electrons. The van der Waals surface area contributed by atoms with E-state index in [0.29, 0.717) is 0 Å². The van der Waals surface area contributed by atoms with Crippen molar-refractivity contribution in [2.75, 3.05) is 0 Å². The van der Waals surface area contributed by atoms with Gasteiger partial charge in [-0.05, 0) is 45.7 Å². The first-order valence-corrected chi connectivity index (χ1v) is 8.85. The summed E-state index contributed by atoms with van der Waals surface area (Å²) in [6.45, 7) is 5.95. The first kappa shape index (κ1) is 19.4. The second-order valence-electron chi connectivity index (χ2n) is 7.08. The van der Waals surface area contributed by atoms with Crippen LogP contribution in [0.25, 0.3) is 21.9 Å². The predicted octanol–water partition coefficient (Wildman–Crippen LogP) is 4.61. The first-order chi connectivity index (χ1) is 13.2. The zero-order valence-electron chi connectivity index (χ0n) is 15.9. The van der Waals surface area contributed by atoms with E-state index in [1.165, 1.54) is 23.8 Å². The molecule has 1 aromatic heterocycles. The van der Waals surface area contributed by atoms with Gasteiger partial charge in [0.2, 0.25) is 5.43 Å².